The average molecular weight is 210 g/mol. The van der Waals surface area contributed by atoms with E-state index in [2.05, 4.69) is 31.4 Å². The van der Waals surface area contributed by atoms with Gasteiger partial charge in [-0.05, 0) is 37.1 Å². The number of hydrogen-bond acceptors (Lipinski definition) is 2. The number of rotatable bonds is 4. The molecule has 0 radical (unpaired) electrons. The third kappa shape index (κ3) is 2.94. The lowest BCUT2D eigenvalue weighted by molar-refractivity contribution is 0.285. The van der Waals surface area contributed by atoms with Gasteiger partial charge in [-0.25, -0.2) is 0 Å². The molecule has 88 valence electrons. The fraction of sp³-hybridized carbons (Fsp3) is 1.00. The van der Waals surface area contributed by atoms with E-state index in [4.69, 9.17) is 0 Å². The summed E-state index contributed by atoms with van der Waals surface area (Å²) in [5.74, 6) is 0.963. The molecule has 0 aromatic rings. The fourth-order valence-electron chi connectivity index (χ4n) is 2.72. The summed E-state index contributed by atoms with van der Waals surface area (Å²) in [5, 5.41) is 7.33. The van der Waals surface area contributed by atoms with Gasteiger partial charge in [-0.3, -0.25) is 0 Å². The molecular formula is C13H26N2. The van der Waals surface area contributed by atoms with Crippen molar-refractivity contribution in [2.45, 2.75) is 58.5 Å². The summed E-state index contributed by atoms with van der Waals surface area (Å²) >= 11 is 0. The zero-order chi connectivity index (χ0) is 10.9. The molecule has 2 rings (SSSR count). The van der Waals surface area contributed by atoms with Gasteiger partial charge in [0.05, 0.1) is 0 Å². The highest BCUT2D eigenvalue weighted by Gasteiger charge is 2.45. The molecule has 0 aromatic carbocycles. The monoisotopic (exact) mass is 210 g/mol. The third-order valence-electron chi connectivity index (χ3n) is 4.30. The minimum absolute atomic E-state index is 0.568. The molecule has 1 heterocycles. The van der Waals surface area contributed by atoms with E-state index in [0.29, 0.717) is 5.41 Å². The van der Waals surface area contributed by atoms with Gasteiger partial charge in [0.1, 0.15) is 0 Å². The first kappa shape index (κ1) is 11.4. The van der Waals surface area contributed by atoms with Crippen LogP contribution in [0.2, 0.25) is 0 Å². The van der Waals surface area contributed by atoms with E-state index >= 15 is 0 Å². The van der Waals surface area contributed by atoms with Gasteiger partial charge in [-0.15, -0.1) is 0 Å². The Bertz CT molecular complexity index is 213. The van der Waals surface area contributed by atoms with E-state index in [0.717, 1.165) is 18.0 Å². The summed E-state index contributed by atoms with van der Waals surface area (Å²) in [4.78, 5) is 0. The Labute approximate surface area is 94.2 Å². The quantitative estimate of drug-likeness (QED) is 0.743. The van der Waals surface area contributed by atoms with E-state index in [1.54, 1.807) is 0 Å². The van der Waals surface area contributed by atoms with Gasteiger partial charge in [0.2, 0.25) is 0 Å². The van der Waals surface area contributed by atoms with Crippen molar-refractivity contribution >= 4 is 0 Å². The van der Waals surface area contributed by atoms with Crippen LogP contribution in [0, 0.1) is 11.3 Å². The maximum absolute atomic E-state index is 3.70. The molecular weight excluding hydrogens is 184 g/mol. The minimum Gasteiger partial charge on any atom is -0.313 e. The zero-order valence-corrected chi connectivity index (χ0v) is 10.5. The topological polar surface area (TPSA) is 24.1 Å². The van der Waals surface area contributed by atoms with Gasteiger partial charge in [-0.2, -0.15) is 0 Å². The number of nitrogens with one attached hydrogen (secondary N) is 2. The van der Waals surface area contributed by atoms with Crippen molar-refractivity contribution in [3.63, 3.8) is 0 Å². The minimum atomic E-state index is 0.568. The van der Waals surface area contributed by atoms with Crippen molar-refractivity contribution in [1.82, 2.24) is 10.6 Å². The van der Waals surface area contributed by atoms with E-state index in [9.17, 15) is 0 Å². The molecule has 1 aliphatic carbocycles. The summed E-state index contributed by atoms with van der Waals surface area (Å²) in [6.45, 7) is 9.43. The predicted octanol–water partition coefficient (Wildman–Crippen LogP) is 2.15. The number of piperidine rings is 1. The van der Waals surface area contributed by atoms with Crippen molar-refractivity contribution in [3.05, 3.63) is 0 Å². The van der Waals surface area contributed by atoms with Crippen LogP contribution in [0.4, 0.5) is 0 Å². The summed E-state index contributed by atoms with van der Waals surface area (Å²) < 4.78 is 0. The molecule has 0 spiro atoms. The van der Waals surface area contributed by atoms with Crippen LogP contribution in [0.5, 0.6) is 0 Å². The van der Waals surface area contributed by atoms with Crippen molar-refractivity contribution in [1.29, 1.82) is 0 Å². The molecule has 1 saturated carbocycles. The highest BCUT2D eigenvalue weighted by molar-refractivity contribution is 5.02. The second-order valence-electron chi connectivity index (χ2n) is 6.10. The summed E-state index contributed by atoms with van der Waals surface area (Å²) in [5.41, 5.74) is 0.568. The molecule has 3 atom stereocenters. The van der Waals surface area contributed by atoms with Crippen LogP contribution < -0.4 is 10.6 Å². The summed E-state index contributed by atoms with van der Waals surface area (Å²) in [7, 11) is 0. The van der Waals surface area contributed by atoms with Gasteiger partial charge in [-0.1, -0.05) is 27.2 Å². The summed E-state index contributed by atoms with van der Waals surface area (Å²) in [6, 6.07) is 1.50. The third-order valence-corrected chi connectivity index (χ3v) is 4.30. The molecule has 0 amide bonds. The van der Waals surface area contributed by atoms with Crippen molar-refractivity contribution in [2.75, 3.05) is 13.1 Å². The first-order chi connectivity index (χ1) is 7.12. The SMILES string of the molecule is CCC1CCNC(CNC2CC2(C)C)C1. The standard InChI is InChI=1S/C13H26N2/c1-4-10-5-6-14-11(7-10)9-15-12-8-13(12,2)3/h10-12,14-15H,4-9H2,1-3H3. The zero-order valence-electron chi connectivity index (χ0n) is 10.5. The van der Waals surface area contributed by atoms with Crippen LogP contribution in [0.1, 0.15) is 46.5 Å². The lowest BCUT2D eigenvalue weighted by Gasteiger charge is -2.30. The summed E-state index contributed by atoms with van der Waals surface area (Å²) in [6.07, 6.45) is 5.46. The Morgan fingerprint density at radius 1 is 1.40 bits per heavy atom. The Balaban J connectivity index is 1.66. The maximum Gasteiger partial charge on any atom is 0.0195 e. The van der Waals surface area contributed by atoms with E-state index in [-0.39, 0.29) is 0 Å². The van der Waals surface area contributed by atoms with Gasteiger partial charge in [0.15, 0.2) is 0 Å². The molecule has 3 unspecified atom stereocenters. The highest BCUT2D eigenvalue weighted by atomic mass is 15.0. The molecule has 2 N–H and O–H groups in total. The fourth-order valence-corrected chi connectivity index (χ4v) is 2.72. The van der Waals surface area contributed by atoms with Gasteiger partial charge in [0.25, 0.3) is 0 Å². The predicted molar refractivity (Wildman–Crippen MR) is 65.0 cm³/mol. The van der Waals surface area contributed by atoms with Crippen molar-refractivity contribution in [3.8, 4) is 0 Å². The van der Waals surface area contributed by atoms with Crippen LogP contribution in [-0.4, -0.2) is 25.2 Å². The van der Waals surface area contributed by atoms with Gasteiger partial charge >= 0.3 is 0 Å². The molecule has 2 fully saturated rings. The Kier molecular flexibility index (Phi) is 3.36. The van der Waals surface area contributed by atoms with E-state index in [1.165, 1.54) is 38.8 Å². The molecule has 2 aliphatic rings. The Hall–Kier alpha value is -0.0800. The van der Waals surface area contributed by atoms with Crippen molar-refractivity contribution in [2.24, 2.45) is 11.3 Å². The van der Waals surface area contributed by atoms with Crippen LogP contribution >= 0.6 is 0 Å². The first-order valence-electron chi connectivity index (χ1n) is 6.58. The van der Waals surface area contributed by atoms with Gasteiger partial charge < -0.3 is 10.6 Å². The molecule has 1 saturated heterocycles. The lowest BCUT2D eigenvalue weighted by Crippen LogP contribution is -2.45. The molecule has 0 bridgehead atoms. The maximum atomic E-state index is 3.70. The van der Waals surface area contributed by atoms with Crippen LogP contribution in [-0.2, 0) is 0 Å². The Morgan fingerprint density at radius 2 is 2.13 bits per heavy atom. The second-order valence-corrected chi connectivity index (χ2v) is 6.10. The van der Waals surface area contributed by atoms with Gasteiger partial charge in [0, 0.05) is 18.6 Å². The van der Waals surface area contributed by atoms with Crippen LogP contribution in [0.15, 0.2) is 0 Å². The molecule has 2 nitrogen and oxygen atoms in total. The van der Waals surface area contributed by atoms with Crippen LogP contribution in [0.25, 0.3) is 0 Å². The second kappa shape index (κ2) is 4.42. The van der Waals surface area contributed by atoms with E-state index < -0.39 is 0 Å². The smallest absolute Gasteiger partial charge is 0.0195 e. The largest absolute Gasteiger partial charge is 0.313 e. The highest BCUT2D eigenvalue weighted by Crippen LogP contribution is 2.44. The van der Waals surface area contributed by atoms with Crippen LogP contribution in [0.3, 0.4) is 0 Å². The molecule has 15 heavy (non-hydrogen) atoms. The Morgan fingerprint density at radius 3 is 2.73 bits per heavy atom. The van der Waals surface area contributed by atoms with Crippen molar-refractivity contribution < 1.29 is 0 Å². The lowest BCUT2D eigenvalue weighted by atomic mass is 9.90. The number of hydrogen-bond donors (Lipinski definition) is 2. The average Bonchev–Trinajstić information content (AvgIpc) is 2.84. The van der Waals surface area contributed by atoms with E-state index in [1.807, 2.05) is 0 Å². The molecule has 0 aromatic heterocycles. The normalized spacial score (nSPS) is 39.0. The molecule has 1 aliphatic heterocycles. The first-order valence-corrected chi connectivity index (χ1v) is 6.58. The molecule has 2 heteroatoms.